The number of methoxy groups -OCH3 is 1. The van der Waals surface area contributed by atoms with Gasteiger partial charge in [0.05, 0.1) is 17.7 Å². The topological polar surface area (TPSA) is 95.7 Å². The summed E-state index contributed by atoms with van der Waals surface area (Å²) in [5.74, 6) is -0.112. The van der Waals surface area contributed by atoms with Gasteiger partial charge in [-0.15, -0.1) is 0 Å². The first-order chi connectivity index (χ1) is 10.8. The first kappa shape index (κ1) is 17.3. The second-order valence-electron chi connectivity index (χ2n) is 4.58. The Hall–Kier alpha value is -2.09. The molecule has 122 valence electrons. The van der Waals surface area contributed by atoms with Gasteiger partial charge in [0.15, 0.2) is 0 Å². The number of hydrogen-bond donors (Lipinski definition) is 1. The largest absolute Gasteiger partial charge is 0.496 e. The van der Waals surface area contributed by atoms with Crippen LogP contribution in [0.25, 0.3) is 0 Å². The smallest absolute Gasteiger partial charge is 0.338 e. The molecule has 0 radical (unpaired) electrons. The first-order valence-electron chi connectivity index (χ1n) is 6.44. The van der Waals surface area contributed by atoms with Crippen LogP contribution >= 0.6 is 11.6 Å². The van der Waals surface area contributed by atoms with Crippen molar-refractivity contribution in [2.75, 3.05) is 7.11 Å². The Morgan fingerprint density at radius 3 is 2.57 bits per heavy atom. The van der Waals surface area contributed by atoms with E-state index in [1.54, 1.807) is 24.3 Å². The van der Waals surface area contributed by atoms with Gasteiger partial charge in [-0.05, 0) is 24.3 Å². The van der Waals surface area contributed by atoms with E-state index in [0.29, 0.717) is 11.3 Å². The van der Waals surface area contributed by atoms with Crippen LogP contribution in [0.4, 0.5) is 0 Å². The molecule has 6 nitrogen and oxygen atoms in total. The highest BCUT2D eigenvalue weighted by Gasteiger charge is 2.17. The second-order valence-corrected chi connectivity index (χ2v) is 6.52. The predicted molar refractivity (Wildman–Crippen MR) is 84.9 cm³/mol. The lowest BCUT2D eigenvalue weighted by atomic mass is 10.2. The Morgan fingerprint density at radius 1 is 1.22 bits per heavy atom. The van der Waals surface area contributed by atoms with Gasteiger partial charge in [0.1, 0.15) is 17.3 Å². The predicted octanol–water partition coefficient (Wildman–Crippen LogP) is 2.35. The van der Waals surface area contributed by atoms with Crippen LogP contribution in [0.15, 0.2) is 47.4 Å². The van der Waals surface area contributed by atoms with Gasteiger partial charge in [-0.3, -0.25) is 0 Å². The van der Waals surface area contributed by atoms with E-state index in [9.17, 15) is 13.2 Å². The molecule has 23 heavy (non-hydrogen) atoms. The Labute approximate surface area is 138 Å². The monoisotopic (exact) mass is 355 g/mol. The summed E-state index contributed by atoms with van der Waals surface area (Å²) >= 11 is 5.77. The van der Waals surface area contributed by atoms with Crippen molar-refractivity contribution in [2.24, 2.45) is 5.14 Å². The fraction of sp³-hybridized carbons (Fsp3) is 0.133. The number of ether oxygens (including phenoxy) is 2. The van der Waals surface area contributed by atoms with Gasteiger partial charge in [-0.1, -0.05) is 29.8 Å². The number of primary sulfonamides is 1. The minimum absolute atomic E-state index is 0.0177. The molecule has 0 atom stereocenters. The standard InChI is InChI=1S/C15H14ClNO5S/c1-21-13-5-3-2-4-11(13)9-22-15(18)10-6-7-12(16)14(8-10)23(17,19)20/h2-8H,9H2,1H3,(H2,17,19,20). The van der Waals surface area contributed by atoms with E-state index < -0.39 is 16.0 Å². The average molecular weight is 356 g/mol. The van der Waals surface area contributed by atoms with Crippen LogP contribution in [0.3, 0.4) is 0 Å². The number of rotatable bonds is 5. The number of esters is 1. The molecule has 0 bridgehead atoms. The molecule has 0 aliphatic heterocycles. The third kappa shape index (κ3) is 4.22. The molecule has 0 fully saturated rings. The Kier molecular flexibility index (Phi) is 5.25. The number of benzene rings is 2. The SMILES string of the molecule is COc1ccccc1COC(=O)c1ccc(Cl)c(S(N)(=O)=O)c1. The summed E-state index contributed by atoms with van der Waals surface area (Å²) in [4.78, 5) is 11.7. The van der Waals surface area contributed by atoms with Gasteiger partial charge in [0, 0.05) is 5.56 Å². The number of nitrogens with two attached hydrogens (primary N) is 1. The Morgan fingerprint density at radius 2 is 1.91 bits per heavy atom. The van der Waals surface area contributed by atoms with Gasteiger partial charge < -0.3 is 9.47 Å². The molecule has 0 unspecified atom stereocenters. The molecule has 0 amide bonds. The normalized spacial score (nSPS) is 11.1. The Bertz CT molecular complexity index is 836. The maximum atomic E-state index is 12.1. The lowest BCUT2D eigenvalue weighted by Crippen LogP contribution is -2.14. The molecule has 2 aromatic carbocycles. The number of halogens is 1. The fourth-order valence-corrected chi connectivity index (χ4v) is 2.97. The van der Waals surface area contributed by atoms with Gasteiger partial charge in [0.2, 0.25) is 10.0 Å². The van der Waals surface area contributed by atoms with Gasteiger partial charge >= 0.3 is 5.97 Å². The summed E-state index contributed by atoms with van der Waals surface area (Å²) < 4.78 is 33.2. The molecular weight excluding hydrogens is 342 g/mol. The van der Waals surface area contributed by atoms with Crippen molar-refractivity contribution >= 4 is 27.6 Å². The van der Waals surface area contributed by atoms with Crippen LogP contribution in [0.2, 0.25) is 5.02 Å². The first-order valence-corrected chi connectivity index (χ1v) is 8.36. The lowest BCUT2D eigenvalue weighted by molar-refractivity contribution is 0.0470. The van der Waals surface area contributed by atoms with E-state index in [1.165, 1.54) is 19.2 Å². The molecule has 0 saturated carbocycles. The van der Waals surface area contributed by atoms with E-state index >= 15 is 0 Å². The minimum Gasteiger partial charge on any atom is -0.496 e. The average Bonchev–Trinajstić information content (AvgIpc) is 2.52. The molecule has 0 aromatic heterocycles. The van der Waals surface area contributed by atoms with Crippen molar-refractivity contribution in [1.82, 2.24) is 0 Å². The maximum Gasteiger partial charge on any atom is 0.338 e. The summed E-state index contributed by atoms with van der Waals surface area (Å²) in [6.45, 7) is -0.0177. The molecular formula is C15H14ClNO5S. The van der Waals surface area contributed by atoms with Crippen molar-refractivity contribution in [3.05, 3.63) is 58.6 Å². The van der Waals surface area contributed by atoms with Crippen molar-refractivity contribution < 1.29 is 22.7 Å². The fourth-order valence-electron chi connectivity index (χ4n) is 1.90. The van der Waals surface area contributed by atoms with Crippen molar-refractivity contribution in [2.45, 2.75) is 11.5 Å². The van der Waals surface area contributed by atoms with Crippen LogP contribution in [0, 0.1) is 0 Å². The van der Waals surface area contributed by atoms with Crippen molar-refractivity contribution in [3.8, 4) is 5.75 Å². The van der Waals surface area contributed by atoms with Gasteiger partial charge in [0.25, 0.3) is 0 Å². The highest BCUT2D eigenvalue weighted by molar-refractivity contribution is 7.89. The van der Waals surface area contributed by atoms with E-state index in [-0.39, 0.29) is 22.1 Å². The van der Waals surface area contributed by atoms with E-state index in [0.717, 1.165) is 6.07 Å². The lowest BCUT2D eigenvalue weighted by Gasteiger charge is -2.10. The van der Waals surface area contributed by atoms with Crippen LogP contribution in [-0.2, 0) is 21.4 Å². The number of sulfonamides is 1. The molecule has 2 aromatic rings. The molecule has 0 aliphatic rings. The molecule has 0 heterocycles. The summed E-state index contributed by atoms with van der Waals surface area (Å²) in [7, 11) is -2.51. The third-order valence-electron chi connectivity index (χ3n) is 3.02. The maximum absolute atomic E-state index is 12.1. The van der Waals surface area contributed by atoms with Crippen molar-refractivity contribution in [1.29, 1.82) is 0 Å². The van der Waals surface area contributed by atoms with Gasteiger partial charge in [-0.25, -0.2) is 18.4 Å². The zero-order valence-corrected chi connectivity index (χ0v) is 13.7. The third-order valence-corrected chi connectivity index (χ3v) is 4.42. The zero-order valence-electron chi connectivity index (χ0n) is 12.2. The second kappa shape index (κ2) is 6.99. The molecule has 2 rings (SSSR count). The molecule has 0 saturated heterocycles. The number of carbonyl (C=O) groups excluding carboxylic acids is 1. The van der Waals surface area contributed by atoms with Gasteiger partial charge in [-0.2, -0.15) is 0 Å². The molecule has 0 aliphatic carbocycles. The summed E-state index contributed by atoms with van der Waals surface area (Å²) in [6, 6.07) is 10.8. The molecule has 8 heteroatoms. The van der Waals surface area contributed by atoms with Crippen LogP contribution in [0.1, 0.15) is 15.9 Å². The van der Waals surface area contributed by atoms with E-state index in [4.69, 9.17) is 26.2 Å². The molecule has 2 N–H and O–H groups in total. The highest BCUT2D eigenvalue weighted by Crippen LogP contribution is 2.23. The minimum atomic E-state index is -4.03. The summed E-state index contributed by atoms with van der Waals surface area (Å²) in [5.41, 5.74) is 0.720. The van der Waals surface area contributed by atoms with Crippen LogP contribution in [-0.4, -0.2) is 21.5 Å². The van der Waals surface area contributed by atoms with Crippen LogP contribution < -0.4 is 9.88 Å². The number of hydrogen-bond acceptors (Lipinski definition) is 5. The summed E-state index contributed by atoms with van der Waals surface area (Å²) in [6.07, 6.45) is 0. The van der Waals surface area contributed by atoms with Crippen LogP contribution in [0.5, 0.6) is 5.75 Å². The highest BCUT2D eigenvalue weighted by atomic mass is 35.5. The van der Waals surface area contributed by atoms with Crippen molar-refractivity contribution in [3.63, 3.8) is 0 Å². The van der Waals surface area contributed by atoms with E-state index in [2.05, 4.69) is 0 Å². The number of para-hydroxylation sites is 1. The zero-order chi connectivity index (χ0) is 17.0. The number of carbonyl (C=O) groups is 1. The summed E-state index contributed by atoms with van der Waals surface area (Å²) in [5, 5.41) is 4.99. The Balaban J connectivity index is 2.19. The molecule has 0 spiro atoms. The van der Waals surface area contributed by atoms with E-state index in [1.807, 2.05) is 0 Å². The quantitative estimate of drug-likeness (QED) is 0.830.